The fourth-order valence-corrected chi connectivity index (χ4v) is 5.95. The van der Waals surface area contributed by atoms with Gasteiger partial charge in [-0.05, 0) is 36.2 Å². The van der Waals surface area contributed by atoms with Gasteiger partial charge in [0.05, 0.1) is 29.2 Å². The molecule has 0 bridgehead atoms. The van der Waals surface area contributed by atoms with Gasteiger partial charge in [0, 0.05) is 10.6 Å². The van der Waals surface area contributed by atoms with Gasteiger partial charge in [-0.15, -0.1) is 22.0 Å². The lowest BCUT2D eigenvalue weighted by Crippen LogP contribution is -2.23. The van der Waals surface area contributed by atoms with Crippen molar-refractivity contribution in [1.29, 1.82) is 0 Å². The van der Waals surface area contributed by atoms with Gasteiger partial charge in [0.2, 0.25) is 5.82 Å². The molecule has 6 nitrogen and oxygen atoms in total. The first-order chi connectivity index (χ1) is 16.1. The number of methoxy groups -OCH3 is 1. The van der Waals surface area contributed by atoms with Crippen molar-refractivity contribution in [2.24, 2.45) is 5.92 Å². The summed E-state index contributed by atoms with van der Waals surface area (Å²) in [5, 5.41) is 15.2. The number of benzene rings is 2. The summed E-state index contributed by atoms with van der Waals surface area (Å²) >= 11 is 7.20. The predicted octanol–water partition coefficient (Wildman–Crippen LogP) is 6.08. The Hall–Kier alpha value is -2.79. The second-order valence-electron chi connectivity index (χ2n) is 7.57. The highest BCUT2D eigenvalue weighted by molar-refractivity contribution is 8.00. The third-order valence-electron chi connectivity index (χ3n) is 5.61. The first-order valence-corrected chi connectivity index (χ1v) is 11.4. The molecule has 1 aromatic heterocycles. The molecule has 1 N–H and O–H groups in total. The standard InChI is InChI=1S/C22H18ClF4N3O3S/c1-3-11(20(31)32)18-19-28-29-21(22(25,26)27)30(19)14-8-7-10(23)9-13(14)17(34-18)12-5-4-6-15(33-2)16(12)24/h4-9,11,17-18H,3H2,1-2H3,(H,31,32)/t11?,17-,18-/m0/s1. The van der Waals surface area contributed by atoms with Crippen LogP contribution < -0.4 is 4.74 Å². The van der Waals surface area contributed by atoms with Crippen LogP contribution in [0.15, 0.2) is 36.4 Å². The van der Waals surface area contributed by atoms with Gasteiger partial charge >= 0.3 is 12.1 Å². The number of alkyl halides is 3. The fraction of sp³-hybridized carbons (Fsp3) is 0.318. The number of halogens is 5. The van der Waals surface area contributed by atoms with E-state index in [2.05, 4.69) is 10.2 Å². The van der Waals surface area contributed by atoms with Crippen molar-refractivity contribution in [2.45, 2.75) is 30.0 Å². The number of ether oxygens (including phenoxy) is 1. The summed E-state index contributed by atoms with van der Waals surface area (Å²) in [6, 6.07) is 8.67. The average molecular weight is 516 g/mol. The van der Waals surface area contributed by atoms with Crippen LogP contribution in [0.3, 0.4) is 0 Å². The highest BCUT2D eigenvalue weighted by Crippen LogP contribution is 2.54. The molecule has 0 saturated carbocycles. The van der Waals surface area contributed by atoms with E-state index in [1.165, 1.54) is 37.4 Å². The molecule has 0 fully saturated rings. The van der Waals surface area contributed by atoms with E-state index >= 15 is 4.39 Å². The molecule has 2 heterocycles. The zero-order valence-electron chi connectivity index (χ0n) is 17.8. The molecule has 0 aliphatic carbocycles. The second-order valence-corrected chi connectivity index (χ2v) is 9.26. The normalized spacial score (nSPS) is 18.6. The number of rotatable bonds is 5. The van der Waals surface area contributed by atoms with Crippen molar-refractivity contribution in [1.82, 2.24) is 14.8 Å². The summed E-state index contributed by atoms with van der Waals surface area (Å²) in [6.07, 6.45) is -4.77. The number of fused-ring (bicyclic) bond motifs is 3. The summed E-state index contributed by atoms with van der Waals surface area (Å²) in [4.78, 5) is 12.1. The zero-order chi connectivity index (χ0) is 24.8. The number of carbonyl (C=O) groups is 1. The molecule has 3 aromatic rings. The average Bonchev–Trinajstić information content (AvgIpc) is 3.17. The van der Waals surface area contributed by atoms with Crippen molar-refractivity contribution in [3.8, 4) is 11.4 Å². The van der Waals surface area contributed by atoms with Gasteiger partial charge in [-0.2, -0.15) is 13.2 Å². The van der Waals surface area contributed by atoms with Crippen LogP contribution in [0.4, 0.5) is 17.6 Å². The highest BCUT2D eigenvalue weighted by atomic mass is 35.5. The van der Waals surface area contributed by atoms with Crippen LogP contribution in [-0.2, 0) is 11.0 Å². The Balaban J connectivity index is 2.07. The molecule has 180 valence electrons. The number of aliphatic carboxylic acids is 1. The molecule has 12 heteroatoms. The molecule has 0 spiro atoms. The van der Waals surface area contributed by atoms with Crippen molar-refractivity contribution in [3.63, 3.8) is 0 Å². The molecule has 1 aliphatic heterocycles. The molecule has 0 saturated heterocycles. The molecule has 4 rings (SSSR count). The number of carboxylic acid groups (broad SMARTS) is 1. The van der Waals surface area contributed by atoms with Crippen molar-refractivity contribution in [2.75, 3.05) is 7.11 Å². The van der Waals surface area contributed by atoms with E-state index in [1.54, 1.807) is 13.0 Å². The third kappa shape index (κ3) is 4.11. The highest BCUT2D eigenvalue weighted by Gasteiger charge is 2.45. The van der Waals surface area contributed by atoms with Gasteiger partial charge in [-0.25, -0.2) is 4.39 Å². The van der Waals surface area contributed by atoms with Crippen LogP contribution in [0.5, 0.6) is 5.75 Å². The van der Waals surface area contributed by atoms with Gasteiger partial charge in [-0.3, -0.25) is 9.36 Å². The van der Waals surface area contributed by atoms with Gasteiger partial charge in [0.1, 0.15) is 0 Å². The fourth-order valence-electron chi connectivity index (χ4n) is 4.04. The van der Waals surface area contributed by atoms with Crippen LogP contribution in [0.25, 0.3) is 5.69 Å². The lowest BCUT2D eigenvalue weighted by Gasteiger charge is -2.25. The van der Waals surface area contributed by atoms with Crippen LogP contribution in [0, 0.1) is 11.7 Å². The zero-order valence-corrected chi connectivity index (χ0v) is 19.4. The maximum Gasteiger partial charge on any atom is 0.452 e. The molecule has 1 unspecified atom stereocenters. The number of hydrogen-bond acceptors (Lipinski definition) is 5. The maximum atomic E-state index is 15.4. The molecular weight excluding hydrogens is 498 g/mol. The summed E-state index contributed by atoms with van der Waals surface area (Å²) in [6.45, 7) is 1.61. The van der Waals surface area contributed by atoms with E-state index < -0.39 is 40.2 Å². The van der Waals surface area contributed by atoms with Crippen LogP contribution >= 0.6 is 23.4 Å². The Morgan fingerprint density at radius 2 is 2.00 bits per heavy atom. The van der Waals surface area contributed by atoms with E-state index in [-0.39, 0.29) is 39.8 Å². The molecular formula is C22H18ClF4N3O3S. The number of hydrogen-bond donors (Lipinski definition) is 1. The summed E-state index contributed by atoms with van der Waals surface area (Å²) in [7, 11) is 1.30. The lowest BCUT2D eigenvalue weighted by molar-refractivity contribution is -0.146. The van der Waals surface area contributed by atoms with E-state index in [9.17, 15) is 23.1 Å². The van der Waals surface area contributed by atoms with E-state index in [0.29, 0.717) is 0 Å². The number of nitrogens with zero attached hydrogens (tertiary/aromatic N) is 3. The van der Waals surface area contributed by atoms with Gasteiger partial charge < -0.3 is 9.84 Å². The van der Waals surface area contributed by atoms with Gasteiger partial charge in [-0.1, -0.05) is 30.7 Å². The smallest absolute Gasteiger partial charge is 0.452 e. The van der Waals surface area contributed by atoms with Crippen molar-refractivity contribution in [3.05, 3.63) is 70.0 Å². The monoisotopic (exact) mass is 515 g/mol. The van der Waals surface area contributed by atoms with E-state index in [0.717, 1.165) is 16.3 Å². The Morgan fingerprint density at radius 1 is 1.26 bits per heavy atom. The Bertz CT molecular complexity index is 1250. The van der Waals surface area contributed by atoms with Gasteiger partial charge in [0.25, 0.3) is 0 Å². The first kappa shape index (κ1) is 24.3. The Kier molecular flexibility index (Phi) is 6.52. The van der Waals surface area contributed by atoms with E-state index in [1.807, 2.05) is 0 Å². The minimum Gasteiger partial charge on any atom is -0.494 e. The first-order valence-electron chi connectivity index (χ1n) is 10.1. The summed E-state index contributed by atoms with van der Waals surface area (Å²) < 4.78 is 63.0. The SMILES string of the molecule is CCC(C(=O)O)[C@@H]1S[C@@H](c2cccc(OC)c2F)c2cc(Cl)ccc2-n2c1nnc2C(F)(F)F. The summed E-state index contributed by atoms with van der Waals surface area (Å²) in [5.41, 5.74) is 0.420. The maximum absolute atomic E-state index is 15.4. The van der Waals surface area contributed by atoms with Gasteiger partial charge in [0.15, 0.2) is 17.4 Å². The summed E-state index contributed by atoms with van der Waals surface area (Å²) in [5.74, 6) is -4.57. The molecule has 3 atom stereocenters. The van der Waals surface area contributed by atoms with Crippen LogP contribution in [0.1, 0.15) is 46.6 Å². The lowest BCUT2D eigenvalue weighted by atomic mass is 10.0. The molecule has 34 heavy (non-hydrogen) atoms. The number of thioether (sulfide) groups is 1. The minimum absolute atomic E-state index is 0.0409. The van der Waals surface area contributed by atoms with Crippen LogP contribution in [-0.4, -0.2) is 33.0 Å². The predicted molar refractivity (Wildman–Crippen MR) is 118 cm³/mol. The quantitative estimate of drug-likeness (QED) is 0.415. The molecule has 2 aromatic carbocycles. The van der Waals surface area contributed by atoms with Crippen molar-refractivity contribution >= 4 is 29.3 Å². The molecule has 0 radical (unpaired) electrons. The number of aromatic nitrogens is 3. The van der Waals surface area contributed by atoms with Crippen molar-refractivity contribution < 1.29 is 32.2 Å². The second kappa shape index (κ2) is 9.10. The molecule has 1 aliphatic rings. The third-order valence-corrected chi connectivity index (χ3v) is 7.46. The Labute approximate surface area is 200 Å². The largest absolute Gasteiger partial charge is 0.494 e. The van der Waals surface area contributed by atoms with Crippen LogP contribution in [0.2, 0.25) is 5.02 Å². The number of carboxylic acids is 1. The van der Waals surface area contributed by atoms with E-state index in [4.69, 9.17) is 16.3 Å². The Morgan fingerprint density at radius 3 is 2.62 bits per heavy atom. The topological polar surface area (TPSA) is 77.2 Å². The minimum atomic E-state index is -4.87. The molecule has 0 amide bonds.